The number of allylic oxidation sites excluding steroid dienone is 4. The third kappa shape index (κ3) is 2.55. The Labute approximate surface area is 193 Å². The van der Waals surface area contributed by atoms with Gasteiger partial charge in [-0.25, -0.2) is 0 Å². The fourth-order valence-electron chi connectivity index (χ4n) is 5.51. The summed E-state index contributed by atoms with van der Waals surface area (Å²) >= 11 is 0. The summed E-state index contributed by atoms with van der Waals surface area (Å²) in [5.41, 5.74) is 11.0. The average molecular weight is 423 g/mol. The first kappa shape index (κ1) is 18.3. The Morgan fingerprint density at radius 3 is 2.36 bits per heavy atom. The number of benzene rings is 4. The monoisotopic (exact) mass is 422 g/mol. The predicted octanol–water partition coefficient (Wildman–Crippen LogP) is 7.94. The highest BCUT2D eigenvalue weighted by Crippen LogP contribution is 2.45. The van der Waals surface area contributed by atoms with Crippen LogP contribution in [-0.2, 0) is 6.42 Å². The fourth-order valence-corrected chi connectivity index (χ4v) is 5.51. The molecule has 0 unspecified atom stereocenters. The maximum atomic E-state index is 4.44. The maximum absolute atomic E-state index is 4.44. The van der Waals surface area contributed by atoms with E-state index >= 15 is 0 Å². The molecule has 2 heteroatoms. The second kappa shape index (κ2) is 6.85. The second-order valence-corrected chi connectivity index (χ2v) is 8.72. The molecule has 2 bridgehead atoms. The van der Waals surface area contributed by atoms with Crippen molar-refractivity contribution in [3.05, 3.63) is 133 Å². The molecule has 0 N–H and O–H groups in total. The van der Waals surface area contributed by atoms with Crippen LogP contribution in [0.25, 0.3) is 33.1 Å². The third-order valence-corrected chi connectivity index (χ3v) is 6.90. The molecule has 0 aliphatic carbocycles. The number of rotatable bonds is 1. The number of nitrogens with zero attached hydrogens (tertiary/aromatic N) is 2. The molecule has 0 fully saturated rings. The van der Waals surface area contributed by atoms with Crippen molar-refractivity contribution in [2.45, 2.75) is 6.42 Å². The zero-order valence-electron chi connectivity index (χ0n) is 18.2. The van der Waals surface area contributed by atoms with Crippen molar-refractivity contribution in [3.63, 3.8) is 0 Å². The molecular formula is C31H22N2. The molecule has 3 heterocycles. The van der Waals surface area contributed by atoms with Crippen molar-refractivity contribution in [2.24, 2.45) is 0 Å². The summed E-state index contributed by atoms with van der Waals surface area (Å²) in [5, 5.41) is 2.60. The highest BCUT2D eigenvalue weighted by Gasteiger charge is 2.27. The van der Waals surface area contributed by atoms with Gasteiger partial charge in [0, 0.05) is 39.7 Å². The molecule has 0 amide bonds. The Balaban J connectivity index is 1.66. The minimum absolute atomic E-state index is 0.863. The zero-order valence-corrected chi connectivity index (χ0v) is 18.2. The van der Waals surface area contributed by atoms with E-state index in [1.807, 2.05) is 0 Å². The topological polar surface area (TPSA) is 8.17 Å². The first-order valence-corrected chi connectivity index (χ1v) is 11.4. The van der Waals surface area contributed by atoms with Gasteiger partial charge in [-0.3, -0.25) is 0 Å². The number of hydrogen-bond acceptors (Lipinski definition) is 1. The SMILES string of the molecule is C=C1/C=C\C=C2/Cc3c(cccc3-n3c4ccccc4c4cccc2c43)N1c1ccccc1. The lowest BCUT2D eigenvalue weighted by molar-refractivity contribution is 1.11. The van der Waals surface area contributed by atoms with Crippen LogP contribution in [-0.4, -0.2) is 4.57 Å². The molecule has 0 saturated carbocycles. The molecular weight excluding hydrogens is 400 g/mol. The predicted molar refractivity (Wildman–Crippen MR) is 139 cm³/mol. The number of para-hydroxylation sites is 3. The molecule has 0 radical (unpaired) electrons. The van der Waals surface area contributed by atoms with Crippen LogP contribution in [0.2, 0.25) is 0 Å². The van der Waals surface area contributed by atoms with Gasteiger partial charge in [-0.05, 0) is 42.0 Å². The van der Waals surface area contributed by atoms with Crippen LogP contribution in [0.5, 0.6) is 0 Å². The molecule has 2 nitrogen and oxygen atoms in total. The highest BCUT2D eigenvalue weighted by atomic mass is 15.2. The van der Waals surface area contributed by atoms with E-state index < -0.39 is 0 Å². The first-order chi connectivity index (χ1) is 16.3. The number of anilines is 2. The van der Waals surface area contributed by atoms with Crippen LogP contribution >= 0.6 is 0 Å². The Kier molecular flexibility index (Phi) is 3.80. The van der Waals surface area contributed by atoms with Crippen LogP contribution in [0.4, 0.5) is 11.4 Å². The largest absolute Gasteiger partial charge is 0.311 e. The molecule has 7 rings (SSSR count). The van der Waals surface area contributed by atoms with E-state index in [2.05, 4.69) is 125 Å². The Morgan fingerprint density at radius 2 is 1.45 bits per heavy atom. The van der Waals surface area contributed by atoms with Gasteiger partial charge in [0.05, 0.1) is 22.4 Å². The number of aromatic nitrogens is 1. The standard InChI is InChI=1S/C31H22N2/c1-21-10-7-11-22-20-27-29(32(21)23-12-3-2-4-13-23)18-9-19-30(27)33-28-17-6-5-14-25(28)26-16-8-15-24(22)31(26)33/h2-19H,1,20H2/b10-7-,22-11+. The smallest absolute Gasteiger partial charge is 0.0616 e. The lowest BCUT2D eigenvalue weighted by atomic mass is 9.95. The van der Waals surface area contributed by atoms with E-state index in [1.165, 1.54) is 49.9 Å². The van der Waals surface area contributed by atoms with Gasteiger partial charge in [-0.15, -0.1) is 0 Å². The van der Waals surface area contributed by atoms with Gasteiger partial charge in [0.1, 0.15) is 0 Å². The minimum atomic E-state index is 0.863. The van der Waals surface area contributed by atoms with E-state index in [9.17, 15) is 0 Å². The summed E-state index contributed by atoms with van der Waals surface area (Å²) in [6.07, 6.45) is 7.40. The summed E-state index contributed by atoms with van der Waals surface area (Å²) in [5.74, 6) is 0. The fraction of sp³-hybridized carbons (Fsp3) is 0.0323. The Hall–Kier alpha value is -4.30. The van der Waals surface area contributed by atoms with Crippen molar-refractivity contribution >= 4 is 38.8 Å². The number of fused-ring (bicyclic) bond motifs is 6. The van der Waals surface area contributed by atoms with E-state index in [1.54, 1.807) is 0 Å². The molecule has 0 atom stereocenters. The van der Waals surface area contributed by atoms with Crippen LogP contribution < -0.4 is 4.90 Å². The van der Waals surface area contributed by atoms with Gasteiger partial charge < -0.3 is 9.47 Å². The van der Waals surface area contributed by atoms with Gasteiger partial charge in [-0.1, -0.05) is 79.4 Å². The van der Waals surface area contributed by atoms with Crippen LogP contribution in [0.3, 0.4) is 0 Å². The molecule has 1 aromatic heterocycles. The summed E-state index contributed by atoms with van der Waals surface area (Å²) in [4.78, 5) is 2.28. The van der Waals surface area contributed by atoms with Gasteiger partial charge in [0.15, 0.2) is 0 Å². The summed E-state index contributed by atoms with van der Waals surface area (Å²) in [7, 11) is 0. The average Bonchev–Trinajstić information content (AvgIpc) is 3.14. The van der Waals surface area contributed by atoms with Gasteiger partial charge in [-0.2, -0.15) is 0 Å². The zero-order chi connectivity index (χ0) is 21.9. The van der Waals surface area contributed by atoms with Crippen LogP contribution in [0, 0.1) is 0 Å². The molecule has 4 aromatic carbocycles. The van der Waals surface area contributed by atoms with E-state index in [0.29, 0.717) is 0 Å². The quantitative estimate of drug-likeness (QED) is 0.266. The van der Waals surface area contributed by atoms with Crippen molar-refractivity contribution in [3.8, 4) is 5.69 Å². The molecule has 0 saturated heterocycles. The van der Waals surface area contributed by atoms with Crippen molar-refractivity contribution in [2.75, 3.05) is 4.90 Å². The summed E-state index contributed by atoms with van der Waals surface area (Å²) in [6.45, 7) is 4.44. The van der Waals surface area contributed by atoms with Gasteiger partial charge >= 0.3 is 0 Å². The van der Waals surface area contributed by atoms with Crippen molar-refractivity contribution in [1.82, 2.24) is 4.57 Å². The van der Waals surface area contributed by atoms with Gasteiger partial charge in [0.25, 0.3) is 0 Å². The minimum Gasteiger partial charge on any atom is -0.311 e. The van der Waals surface area contributed by atoms with Crippen molar-refractivity contribution < 1.29 is 0 Å². The third-order valence-electron chi connectivity index (χ3n) is 6.90. The Bertz CT molecular complexity index is 1650. The number of hydrogen-bond donors (Lipinski definition) is 0. The Morgan fingerprint density at radius 1 is 0.697 bits per heavy atom. The molecule has 2 aliphatic heterocycles. The van der Waals surface area contributed by atoms with E-state index in [-0.39, 0.29) is 0 Å². The van der Waals surface area contributed by atoms with Gasteiger partial charge in [0.2, 0.25) is 0 Å². The van der Waals surface area contributed by atoms with Crippen LogP contribution in [0.15, 0.2) is 121 Å². The summed E-state index contributed by atoms with van der Waals surface area (Å²) < 4.78 is 2.47. The lowest BCUT2D eigenvalue weighted by Gasteiger charge is -2.28. The molecule has 5 aromatic rings. The second-order valence-electron chi connectivity index (χ2n) is 8.72. The normalized spacial score (nSPS) is 17.2. The van der Waals surface area contributed by atoms with E-state index in [4.69, 9.17) is 0 Å². The lowest BCUT2D eigenvalue weighted by Crippen LogP contribution is -2.17. The summed E-state index contributed by atoms with van der Waals surface area (Å²) in [6, 6.07) is 32.7. The molecule has 33 heavy (non-hydrogen) atoms. The van der Waals surface area contributed by atoms with Crippen molar-refractivity contribution in [1.29, 1.82) is 0 Å². The molecule has 156 valence electrons. The molecule has 0 spiro atoms. The van der Waals surface area contributed by atoms with E-state index in [0.717, 1.165) is 17.8 Å². The molecule has 2 aliphatic rings. The first-order valence-electron chi connectivity index (χ1n) is 11.4. The van der Waals surface area contributed by atoms with Crippen LogP contribution in [0.1, 0.15) is 11.1 Å². The maximum Gasteiger partial charge on any atom is 0.0616 e. The highest BCUT2D eigenvalue weighted by molar-refractivity contribution is 6.13.